The van der Waals surface area contributed by atoms with Crippen LogP contribution in [0.5, 0.6) is 0 Å². The lowest BCUT2D eigenvalue weighted by molar-refractivity contribution is -0.119. The average Bonchev–Trinajstić information content (AvgIpc) is 2.04. The third kappa shape index (κ3) is 2.95. The number of carbonyl (C=O) groups is 1. The van der Waals surface area contributed by atoms with Crippen LogP contribution >= 0.6 is 0 Å². The van der Waals surface area contributed by atoms with Gasteiger partial charge in [-0.2, -0.15) is 0 Å². The maximum atomic E-state index is 11.1. The van der Waals surface area contributed by atoms with Crippen LogP contribution in [-0.4, -0.2) is 11.4 Å². The van der Waals surface area contributed by atoms with E-state index in [9.17, 15) is 4.79 Å². The number of rotatable bonds is 4. The minimum atomic E-state index is -0.263. The van der Waals surface area contributed by atoms with Crippen LogP contribution in [0.3, 0.4) is 0 Å². The Morgan fingerprint density at radius 1 is 1.50 bits per heavy atom. The summed E-state index contributed by atoms with van der Waals surface area (Å²) in [5, 5.41) is 2.83. The smallest absolute Gasteiger partial charge is 0.266 e. The summed E-state index contributed by atoms with van der Waals surface area (Å²) in [4.78, 5) is 11.1. The van der Waals surface area contributed by atoms with Crippen molar-refractivity contribution in [1.82, 2.24) is 5.32 Å². The van der Waals surface area contributed by atoms with Gasteiger partial charge in [0.15, 0.2) is 0 Å². The lowest BCUT2D eigenvalue weighted by atomic mass is 9.95. The third-order valence-corrected chi connectivity index (χ3v) is 2.27. The number of nitrogens with one attached hydrogen (secondary N) is 1. The summed E-state index contributed by atoms with van der Waals surface area (Å²) in [7, 11) is 0. The molecule has 0 aliphatic heterocycles. The number of carbonyl (C=O) groups excluding carboxylic acids is 1. The highest BCUT2D eigenvalue weighted by molar-refractivity contribution is 5.92. The standard InChI is InChI=1S/C9H18N2O/c1-5-9(4,6-2)11-8(12)7(3)10/h3,5-6,10H2,1-2,4H3,(H,11,12). The Morgan fingerprint density at radius 3 is 2.17 bits per heavy atom. The van der Waals surface area contributed by atoms with Gasteiger partial charge in [0.05, 0.1) is 5.70 Å². The molecule has 3 N–H and O–H groups in total. The fraction of sp³-hybridized carbons (Fsp3) is 0.667. The molecule has 0 spiro atoms. The molecule has 0 unspecified atom stereocenters. The van der Waals surface area contributed by atoms with Crippen molar-refractivity contribution in [3.63, 3.8) is 0 Å². The molecule has 0 aliphatic carbocycles. The predicted molar refractivity (Wildman–Crippen MR) is 50.5 cm³/mol. The number of amides is 1. The van der Waals surface area contributed by atoms with Gasteiger partial charge in [-0.3, -0.25) is 4.79 Å². The minimum Gasteiger partial charge on any atom is -0.395 e. The van der Waals surface area contributed by atoms with Gasteiger partial charge in [0, 0.05) is 5.54 Å². The van der Waals surface area contributed by atoms with Crippen LogP contribution in [0.1, 0.15) is 33.6 Å². The van der Waals surface area contributed by atoms with E-state index < -0.39 is 0 Å². The van der Waals surface area contributed by atoms with Crippen molar-refractivity contribution in [2.45, 2.75) is 39.2 Å². The first-order chi connectivity index (χ1) is 5.45. The molecule has 0 atom stereocenters. The SMILES string of the molecule is C=C(N)C(=O)NC(C)(CC)CC. The molecule has 0 rings (SSSR count). The molecule has 70 valence electrons. The van der Waals surface area contributed by atoms with Crippen molar-refractivity contribution < 1.29 is 4.79 Å². The van der Waals surface area contributed by atoms with Crippen molar-refractivity contribution in [3.05, 3.63) is 12.3 Å². The molecule has 0 saturated carbocycles. The van der Waals surface area contributed by atoms with Crippen molar-refractivity contribution >= 4 is 5.91 Å². The molecule has 3 nitrogen and oxygen atoms in total. The highest BCUT2D eigenvalue weighted by atomic mass is 16.2. The summed E-state index contributed by atoms with van der Waals surface area (Å²) in [6, 6.07) is 0. The molecule has 1 amide bonds. The maximum absolute atomic E-state index is 11.1. The van der Waals surface area contributed by atoms with Gasteiger partial charge >= 0.3 is 0 Å². The van der Waals surface area contributed by atoms with Crippen molar-refractivity contribution in [3.8, 4) is 0 Å². The normalized spacial score (nSPS) is 10.9. The summed E-state index contributed by atoms with van der Waals surface area (Å²) >= 11 is 0. The van der Waals surface area contributed by atoms with Gasteiger partial charge in [-0.15, -0.1) is 0 Å². The fourth-order valence-corrected chi connectivity index (χ4v) is 0.781. The second-order valence-corrected chi connectivity index (χ2v) is 3.25. The molecule has 0 saturated heterocycles. The third-order valence-electron chi connectivity index (χ3n) is 2.27. The van der Waals surface area contributed by atoms with E-state index in [4.69, 9.17) is 5.73 Å². The van der Waals surface area contributed by atoms with Gasteiger partial charge in [0.2, 0.25) is 0 Å². The highest BCUT2D eigenvalue weighted by Crippen LogP contribution is 2.13. The topological polar surface area (TPSA) is 55.1 Å². The molecule has 0 aliphatic rings. The van der Waals surface area contributed by atoms with E-state index in [0.29, 0.717) is 0 Å². The van der Waals surface area contributed by atoms with Gasteiger partial charge in [0.25, 0.3) is 5.91 Å². The van der Waals surface area contributed by atoms with E-state index >= 15 is 0 Å². The van der Waals surface area contributed by atoms with E-state index in [1.807, 2.05) is 20.8 Å². The lowest BCUT2D eigenvalue weighted by Gasteiger charge is -2.28. The first kappa shape index (κ1) is 11.0. The van der Waals surface area contributed by atoms with Crippen LogP contribution in [0.4, 0.5) is 0 Å². The van der Waals surface area contributed by atoms with Crippen LogP contribution in [0, 0.1) is 0 Å². The molecular weight excluding hydrogens is 152 g/mol. The molecule has 0 heterocycles. The Balaban J connectivity index is 4.21. The zero-order valence-electron chi connectivity index (χ0n) is 8.11. The largest absolute Gasteiger partial charge is 0.395 e. The first-order valence-corrected chi connectivity index (χ1v) is 4.22. The summed E-state index contributed by atoms with van der Waals surface area (Å²) < 4.78 is 0. The monoisotopic (exact) mass is 170 g/mol. The Bertz CT molecular complexity index is 183. The summed E-state index contributed by atoms with van der Waals surface area (Å²) in [6.07, 6.45) is 1.78. The molecule has 0 aromatic carbocycles. The van der Waals surface area contributed by atoms with E-state index in [1.165, 1.54) is 0 Å². The molecule has 0 aromatic rings. The minimum absolute atomic E-state index is 0.0723. The molecule has 12 heavy (non-hydrogen) atoms. The Morgan fingerprint density at radius 2 is 1.92 bits per heavy atom. The van der Waals surface area contributed by atoms with Gasteiger partial charge in [-0.1, -0.05) is 20.4 Å². The second kappa shape index (κ2) is 4.14. The number of hydrogen-bond donors (Lipinski definition) is 2. The Labute approximate surface area is 74.0 Å². The lowest BCUT2D eigenvalue weighted by Crippen LogP contribution is -2.46. The van der Waals surface area contributed by atoms with Crippen LogP contribution in [0.25, 0.3) is 0 Å². The molecule has 0 radical (unpaired) electrons. The van der Waals surface area contributed by atoms with Gasteiger partial charge in [-0.05, 0) is 19.8 Å². The first-order valence-electron chi connectivity index (χ1n) is 4.22. The molecule has 3 heteroatoms. The average molecular weight is 170 g/mol. The zero-order valence-corrected chi connectivity index (χ0v) is 8.11. The number of nitrogens with two attached hydrogens (primary N) is 1. The predicted octanol–water partition coefficient (Wildman–Crippen LogP) is 1.15. The van der Waals surface area contributed by atoms with Crippen LogP contribution in [0.2, 0.25) is 0 Å². The summed E-state index contributed by atoms with van der Waals surface area (Å²) in [5.41, 5.74) is 5.16. The van der Waals surface area contributed by atoms with Crippen molar-refractivity contribution in [1.29, 1.82) is 0 Å². The Hall–Kier alpha value is -0.990. The highest BCUT2D eigenvalue weighted by Gasteiger charge is 2.21. The Kier molecular flexibility index (Phi) is 3.80. The summed E-state index contributed by atoms with van der Waals surface area (Å²) in [5.74, 6) is -0.263. The number of hydrogen-bond acceptors (Lipinski definition) is 2. The van der Waals surface area contributed by atoms with E-state index in [0.717, 1.165) is 12.8 Å². The fourth-order valence-electron chi connectivity index (χ4n) is 0.781. The quantitative estimate of drug-likeness (QED) is 0.622. The van der Waals surface area contributed by atoms with E-state index in [-0.39, 0.29) is 17.1 Å². The van der Waals surface area contributed by atoms with Gasteiger partial charge in [0.1, 0.15) is 0 Å². The molecule has 0 aromatic heterocycles. The molecular formula is C9H18N2O. The van der Waals surface area contributed by atoms with Crippen LogP contribution in [-0.2, 0) is 4.79 Å². The maximum Gasteiger partial charge on any atom is 0.266 e. The van der Waals surface area contributed by atoms with Crippen molar-refractivity contribution in [2.24, 2.45) is 5.73 Å². The second-order valence-electron chi connectivity index (χ2n) is 3.25. The van der Waals surface area contributed by atoms with Gasteiger partial charge in [-0.25, -0.2) is 0 Å². The van der Waals surface area contributed by atoms with E-state index in [1.54, 1.807) is 0 Å². The van der Waals surface area contributed by atoms with Crippen molar-refractivity contribution in [2.75, 3.05) is 0 Å². The zero-order chi connectivity index (χ0) is 9.78. The summed E-state index contributed by atoms with van der Waals surface area (Å²) in [6.45, 7) is 9.43. The van der Waals surface area contributed by atoms with Crippen LogP contribution in [0.15, 0.2) is 12.3 Å². The molecule has 0 fully saturated rings. The van der Waals surface area contributed by atoms with E-state index in [2.05, 4.69) is 11.9 Å². The molecule has 0 bridgehead atoms. The van der Waals surface area contributed by atoms with Gasteiger partial charge < -0.3 is 11.1 Å². The van der Waals surface area contributed by atoms with Crippen LogP contribution < -0.4 is 11.1 Å².